The van der Waals surface area contributed by atoms with Crippen LogP contribution in [0.25, 0.3) is 0 Å². The van der Waals surface area contributed by atoms with Crippen LogP contribution in [0.4, 0.5) is 4.39 Å². The van der Waals surface area contributed by atoms with Crippen molar-refractivity contribution in [1.29, 1.82) is 0 Å². The molecule has 1 N–H and O–H groups in total. The van der Waals surface area contributed by atoms with Crippen molar-refractivity contribution in [2.24, 2.45) is 5.92 Å². The molecule has 0 aliphatic heterocycles. The van der Waals surface area contributed by atoms with Gasteiger partial charge in [0.05, 0.1) is 0 Å². The third-order valence-corrected chi connectivity index (χ3v) is 2.34. The van der Waals surface area contributed by atoms with Crippen molar-refractivity contribution in [1.82, 2.24) is 5.32 Å². The molecule has 0 aliphatic rings. The Morgan fingerprint density at radius 3 is 2.43 bits per heavy atom. The van der Waals surface area contributed by atoms with E-state index in [1.807, 2.05) is 19.2 Å². The van der Waals surface area contributed by atoms with E-state index in [1.165, 1.54) is 6.07 Å². The fourth-order valence-electron chi connectivity index (χ4n) is 1.63. The predicted octanol–water partition coefficient (Wildman–Crippen LogP) is 3.13. The Bertz CT molecular complexity index is 283. The Kier molecular flexibility index (Phi) is 4.08. The number of rotatable bonds is 4. The maximum absolute atomic E-state index is 13.4. The van der Waals surface area contributed by atoms with Crippen LogP contribution < -0.4 is 5.32 Å². The van der Waals surface area contributed by atoms with Gasteiger partial charge < -0.3 is 5.32 Å². The maximum Gasteiger partial charge on any atom is 0.127 e. The fourth-order valence-corrected chi connectivity index (χ4v) is 1.63. The second-order valence-electron chi connectivity index (χ2n) is 3.99. The maximum atomic E-state index is 13.4. The number of hydrogen-bond donors (Lipinski definition) is 1. The minimum absolute atomic E-state index is 0.118. The monoisotopic (exact) mass is 195 g/mol. The summed E-state index contributed by atoms with van der Waals surface area (Å²) in [5.74, 6) is 0.444. The van der Waals surface area contributed by atoms with Crippen molar-refractivity contribution >= 4 is 0 Å². The molecule has 0 saturated carbocycles. The van der Waals surface area contributed by atoms with Crippen molar-refractivity contribution in [3.8, 4) is 0 Å². The van der Waals surface area contributed by atoms with Gasteiger partial charge in [0.2, 0.25) is 0 Å². The molecule has 78 valence electrons. The largest absolute Gasteiger partial charge is 0.313 e. The minimum Gasteiger partial charge on any atom is -0.313 e. The summed E-state index contributed by atoms with van der Waals surface area (Å²) in [5.41, 5.74) is 0.767. The van der Waals surface area contributed by atoms with Gasteiger partial charge in [0.1, 0.15) is 5.82 Å². The van der Waals surface area contributed by atoms with Crippen LogP contribution in [-0.2, 0) is 0 Å². The highest BCUT2D eigenvalue weighted by atomic mass is 19.1. The predicted molar refractivity (Wildman–Crippen MR) is 57.7 cm³/mol. The highest BCUT2D eigenvalue weighted by molar-refractivity contribution is 5.21. The first-order valence-corrected chi connectivity index (χ1v) is 5.06. The quantitative estimate of drug-likeness (QED) is 0.778. The Balaban J connectivity index is 2.83. The van der Waals surface area contributed by atoms with Crippen LogP contribution in [0, 0.1) is 11.7 Å². The second-order valence-corrected chi connectivity index (χ2v) is 3.99. The zero-order valence-electron chi connectivity index (χ0n) is 9.05. The highest BCUT2D eigenvalue weighted by Gasteiger charge is 2.14. The van der Waals surface area contributed by atoms with E-state index in [4.69, 9.17) is 0 Å². The van der Waals surface area contributed by atoms with Crippen LogP contribution >= 0.6 is 0 Å². The van der Waals surface area contributed by atoms with E-state index in [2.05, 4.69) is 19.2 Å². The van der Waals surface area contributed by atoms with Crippen molar-refractivity contribution in [3.05, 3.63) is 35.6 Å². The summed E-state index contributed by atoms with van der Waals surface area (Å²) in [5, 5.41) is 3.15. The van der Waals surface area contributed by atoms with E-state index in [0.717, 1.165) is 12.0 Å². The molecule has 0 spiro atoms. The van der Waals surface area contributed by atoms with Gasteiger partial charge in [0, 0.05) is 11.6 Å². The molecule has 0 amide bonds. The van der Waals surface area contributed by atoms with Crippen LogP contribution in [0.1, 0.15) is 31.9 Å². The number of nitrogens with one attached hydrogen (secondary N) is 1. The van der Waals surface area contributed by atoms with Gasteiger partial charge in [0.15, 0.2) is 0 Å². The SMILES string of the molecule is CNC(CC(C)C)c1ccccc1F. The van der Waals surface area contributed by atoms with Gasteiger partial charge in [-0.1, -0.05) is 32.0 Å². The molecule has 1 unspecified atom stereocenters. The molecule has 0 aliphatic carbocycles. The number of halogens is 1. The third-order valence-electron chi connectivity index (χ3n) is 2.34. The topological polar surface area (TPSA) is 12.0 Å². The number of hydrogen-bond acceptors (Lipinski definition) is 1. The fraction of sp³-hybridized carbons (Fsp3) is 0.500. The average molecular weight is 195 g/mol. The van der Waals surface area contributed by atoms with Crippen LogP contribution in [-0.4, -0.2) is 7.05 Å². The lowest BCUT2D eigenvalue weighted by atomic mass is 9.97. The van der Waals surface area contributed by atoms with E-state index in [1.54, 1.807) is 6.07 Å². The normalized spacial score (nSPS) is 13.2. The van der Waals surface area contributed by atoms with Crippen molar-refractivity contribution in [2.75, 3.05) is 7.05 Å². The van der Waals surface area contributed by atoms with Gasteiger partial charge in [-0.2, -0.15) is 0 Å². The molecule has 14 heavy (non-hydrogen) atoms. The third kappa shape index (κ3) is 2.81. The van der Waals surface area contributed by atoms with E-state index >= 15 is 0 Å². The zero-order valence-corrected chi connectivity index (χ0v) is 9.05. The molecular weight excluding hydrogens is 177 g/mol. The van der Waals surface area contributed by atoms with Gasteiger partial charge in [0.25, 0.3) is 0 Å². The van der Waals surface area contributed by atoms with E-state index in [-0.39, 0.29) is 11.9 Å². The Hall–Kier alpha value is -0.890. The van der Waals surface area contributed by atoms with E-state index in [9.17, 15) is 4.39 Å². The summed E-state index contributed by atoms with van der Waals surface area (Å²) in [4.78, 5) is 0. The first-order chi connectivity index (χ1) is 6.65. The molecule has 1 rings (SSSR count). The molecule has 0 aromatic heterocycles. The lowest BCUT2D eigenvalue weighted by Crippen LogP contribution is -2.19. The van der Waals surface area contributed by atoms with Gasteiger partial charge in [-0.15, -0.1) is 0 Å². The molecule has 0 fully saturated rings. The van der Waals surface area contributed by atoms with Gasteiger partial charge in [-0.05, 0) is 25.5 Å². The Morgan fingerprint density at radius 2 is 1.93 bits per heavy atom. The molecule has 1 aromatic carbocycles. The van der Waals surface area contributed by atoms with Crippen LogP contribution in [0.15, 0.2) is 24.3 Å². The Morgan fingerprint density at radius 1 is 1.29 bits per heavy atom. The summed E-state index contributed by atoms with van der Waals surface area (Å²) >= 11 is 0. The van der Waals surface area contributed by atoms with Crippen LogP contribution in [0.5, 0.6) is 0 Å². The summed E-state index contributed by atoms with van der Waals surface area (Å²) < 4.78 is 13.4. The molecule has 1 atom stereocenters. The van der Waals surface area contributed by atoms with Gasteiger partial charge in [-0.3, -0.25) is 0 Å². The van der Waals surface area contributed by atoms with Gasteiger partial charge in [-0.25, -0.2) is 4.39 Å². The second kappa shape index (κ2) is 5.11. The summed E-state index contributed by atoms with van der Waals surface area (Å²) in [6, 6.07) is 7.08. The summed E-state index contributed by atoms with van der Waals surface area (Å²) in [6.45, 7) is 4.29. The molecule has 2 heteroatoms. The number of benzene rings is 1. The molecule has 0 radical (unpaired) electrons. The molecule has 1 aromatic rings. The van der Waals surface area contributed by atoms with Crippen molar-refractivity contribution in [2.45, 2.75) is 26.3 Å². The highest BCUT2D eigenvalue weighted by Crippen LogP contribution is 2.22. The molecule has 0 saturated heterocycles. The summed E-state index contributed by atoms with van der Waals surface area (Å²) in [6.07, 6.45) is 0.956. The Labute approximate surface area is 85.3 Å². The lowest BCUT2D eigenvalue weighted by Gasteiger charge is -2.19. The molecular formula is C12H18FN. The van der Waals surface area contributed by atoms with E-state index < -0.39 is 0 Å². The average Bonchev–Trinajstić information content (AvgIpc) is 2.15. The summed E-state index contributed by atoms with van der Waals surface area (Å²) in [7, 11) is 1.87. The first kappa shape index (κ1) is 11.2. The first-order valence-electron chi connectivity index (χ1n) is 5.06. The van der Waals surface area contributed by atoms with E-state index in [0.29, 0.717) is 5.92 Å². The van der Waals surface area contributed by atoms with Crippen molar-refractivity contribution in [3.63, 3.8) is 0 Å². The molecule has 1 nitrogen and oxygen atoms in total. The smallest absolute Gasteiger partial charge is 0.127 e. The minimum atomic E-state index is -0.118. The molecule has 0 bridgehead atoms. The molecule has 0 heterocycles. The van der Waals surface area contributed by atoms with Crippen LogP contribution in [0.3, 0.4) is 0 Å². The zero-order chi connectivity index (χ0) is 10.6. The standard InChI is InChI=1S/C12H18FN/c1-9(2)8-12(14-3)10-6-4-5-7-11(10)13/h4-7,9,12,14H,8H2,1-3H3. The lowest BCUT2D eigenvalue weighted by molar-refractivity contribution is 0.440. The van der Waals surface area contributed by atoms with Crippen LogP contribution in [0.2, 0.25) is 0 Å². The van der Waals surface area contributed by atoms with Gasteiger partial charge >= 0.3 is 0 Å². The van der Waals surface area contributed by atoms with Crippen molar-refractivity contribution < 1.29 is 4.39 Å².